The van der Waals surface area contributed by atoms with Crippen molar-refractivity contribution in [3.8, 4) is 0 Å². The second-order valence-electron chi connectivity index (χ2n) is 7.17. The molecule has 0 rings (SSSR count). The van der Waals surface area contributed by atoms with Gasteiger partial charge in [-0.3, -0.25) is 0 Å². The molecule has 0 radical (unpaired) electrons. The quantitative estimate of drug-likeness (QED) is 0.166. The molecule has 0 unspecified atom stereocenters. The number of hydrogen-bond donors (Lipinski definition) is 0. The third-order valence-corrected chi connectivity index (χ3v) is 4.29. The van der Waals surface area contributed by atoms with E-state index < -0.39 is 11.9 Å². The van der Waals surface area contributed by atoms with Gasteiger partial charge < -0.3 is 19.8 Å². The minimum absolute atomic E-state index is 0. The number of carbonyl (C=O) groups excluding carboxylic acids is 2. The molecule has 0 saturated carbocycles. The van der Waals surface area contributed by atoms with Crippen LogP contribution in [0.1, 0.15) is 117 Å². The van der Waals surface area contributed by atoms with E-state index in [1.807, 2.05) is 0 Å². The van der Waals surface area contributed by atoms with Gasteiger partial charge in [-0.05, 0) is 64.2 Å². The number of rotatable bonds is 18. The first kappa shape index (κ1) is 32.7. The summed E-state index contributed by atoms with van der Waals surface area (Å²) in [6.45, 7) is 4.38. The van der Waals surface area contributed by atoms with Crippen molar-refractivity contribution < 1.29 is 39.3 Å². The summed E-state index contributed by atoms with van der Waals surface area (Å²) in [4.78, 5) is 20.2. The second kappa shape index (κ2) is 29.2. The molecule has 0 heterocycles. The molecule has 0 bridgehead atoms. The van der Waals surface area contributed by atoms with Crippen LogP contribution < -0.4 is 10.2 Å². The van der Waals surface area contributed by atoms with Crippen molar-refractivity contribution in [2.75, 3.05) is 0 Å². The first-order chi connectivity index (χ1) is 13.5. The number of unbranched alkanes of at least 4 members (excludes halogenated alkanes) is 10. The molecule has 0 aliphatic carbocycles. The molecule has 0 aliphatic heterocycles. The van der Waals surface area contributed by atoms with Crippen molar-refractivity contribution in [2.24, 2.45) is 0 Å². The molecule has 0 spiro atoms. The summed E-state index contributed by atoms with van der Waals surface area (Å²) in [5.74, 6) is -1.85. The number of aliphatic carboxylic acids is 2. The van der Waals surface area contributed by atoms with E-state index >= 15 is 0 Å². The molecule has 0 atom stereocenters. The molecule has 29 heavy (non-hydrogen) atoms. The molecule has 0 fully saturated rings. The fourth-order valence-electron chi connectivity index (χ4n) is 2.53. The Hall–Kier alpha value is -0.957. The number of carboxylic acid groups (broad SMARTS) is 2. The summed E-state index contributed by atoms with van der Waals surface area (Å²) in [6.07, 6.45) is 24.5. The van der Waals surface area contributed by atoms with E-state index in [0.29, 0.717) is 0 Å². The fourth-order valence-corrected chi connectivity index (χ4v) is 2.53. The SMILES string of the molecule is CCCCC=CCCCCCC(=O)[O-].CCCCC=CCCCCCC(=O)[O-].[Zn+2]. The molecule has 0 aliphatic rings. The Balaban J connectivity index is -0.000000451. The van der Waals surface area contributed by atoms with Gasteiger partial charge in [-0.15, -0.1) is 0 Å². The minimum atomic E-state index is -0.927. The van der Waals surface area contributed by atoms with Crippen molar-refractivity contribution >= 4 is 11.9 Å². The molecule has 4 nitrogen and oxygen atoms in total. The molecule has 0 saturated heterocycles. The van der Waals surface area contributed by atoms with Gasteiger partial charge in [-0.25, -0.2) is 0 Å². The van der Waals surface area contributed by atoms with Crippen LogP contribution in [0.15, 0.2) is 24.3 Å². The third kappa shape index (κ3) is 38.3. The Morgan fingerprint density at radius 1 is 0.552 bits per heavy atom. The summed E-state index contributed by atoms with van der Waals surface area (Å²) in [7, 11) is 0. The van der Waals surface area contributed by atoms with Gasteiger partial charge in [0.1, 0.15) is 0 Å². The fraction of sp³-hybridized carbons (Fsp3) is 0.750. The summed E-state index contributed by atoms with van der Waals surface area (Å²) < 4.78 is 0. The van der Waals surface area contributed by atoms with E-state index in [1.165, 1.54) is 38.5 Å². The summed E-state index contributed by atoms with van der Waals surface area (Å²) in [5.41, 5.74) is 0. The Morgan fingerprint density at radius 3 is 1.14 bits per heavy atom. The van der Waals surface area contributed by atoms with E-state index in [0.717, 1.165) is 51.4 Å². The smallest absolute Gasteiger partial charge is 0.550 e. The predicted molar refractivity (Wildman–Crippen MR) is 114 cm³/mol. The molecule has 0 N–H and O–H groups in total. The Kier molecular flexibility index (Phi) is 33.0. The molecule has 0 aromatic carbocycles. The number of carboxylic acids is 2. The Labute approximate surface area is 192 Å². The summed E-state index contributed by atoms with van der Waals surface area (Å²) >= 11 is 0. The molecule has 164 valence electrons. The minimum Gasteiger partial charge on any atom is -0.550 e. The Morgan fingerprint density at radius 2 is 0.862 bits per heavy atom. The first-order valence-corrected chi connectivity index (χ1v) is 11.2. The van der Waals surface area contributed by atoms with E-state index in [4.69, 9.17) is 0 Å². The molecule has 5 heteroatoms. The van der Waals surface area contributed by atoms with Gasteiger partial charge in [0.2, 0.25) is 0 Å². The van der Waals surface area contributed by atoms with Gasteiger partial charge >= 0.3 is 19.5 Å². The van der Waals surface area contributed by atoms with Gasteiger partial charge in [0.15, 0.2) is 0 Å². The number of allylic oxidation sites excluding steroid dienone is 4. The van der Waals surface area contributed by atoms with Crippen LogP contribution in [-0.4, -0.2) is 11.9 Å². The zero-order valence-corrected chi connectivity index (χ0v) is 21.9. The average Bonchev–Trinajstić information content (AvgIpc) is 2.65. The van der Waals surface area contributed by atoms with E-state index in [-0.39, 0.29) is 32.3 Å². The molecular weight excluding hydrogens is 418 g/mol. The van der Waals surface area contributed by atoms with Gasteiger partial charge in [-0.1, -0.05) is 76.7 Å². The predicted octanol–water partition coefficient (Wildman–Crippen LogP) is 4.86. The van der Waals surface area contributed by atoms with Crippen molar-refractivity contribution in [1.82, 2.24) is 0 Å². The zero-order valence-electron chi connectivity index (χ0n) is 19.0. The van der Waals surface area contributed by atoms with Crippen molar-refractivity contribution in [3.63, 3.8) is 0 Å². The number of hydrogen-bond acceptors (Lipinski definition) is 4. The first-order valence-electron chi connectivity index (χ1n) is 11.2. The normalized spacial score (nSPS) is 10.6. The largest absolute Gasteiger partial charge is 2.00 e. The van der Waals surface area contributed by atoms with Crippen LogP contribution in [0.2, 0.25) is 0 Å². The van der Waals surface area contributed by atoms with E-state index in [9.17, 15) is 19.8 Å². The second-order valence-corrected chi connectivity index (χ2v) is 7.17. The van der Waals surface area contributed by atoms with Crippen molar-refractivity contribution in [2.45, 2.75) is 117 Å². The monoisotopic (exact) mass is 458 g/mol. The maximum absolute atomic E-state index is 10.1. The molecule has 0 amide bonds. The maximum atomic E-state index is 10.1. The van der Waals surface area contributed by atoms with Gasteiger partial charge in [-0.2, -0.15) is 0 Å². The van der Waals surface area contributed by atoms with Gasteiger partial charge in [0.05, 0.1) is 0 Å². The van der Waals surface area contributed by atoms with Crippen LogP contribution in [0.3, 0.4) is 0 Å². The van der Waals surface area contributed by atoms with Crippen molar-refractivity contribution in [1.29, 1.82) is 0 Å². The standard InChI is InChI=1S/2C12H22O2.Zn/c2*1-2-3-4-5-6-7-8-9-10-11-12(13)14;/h2*5-6H,2-4,7-11H2,1H3,(H,13,14);/q;;+2/p-2. The number of carbonyl (C=O) groups is 2. The van der Waals surface area contributed by atoms with E-state index in [1.54, 1.807) is 0 Å². The van der Waals surface area contributed by atoms with Crippen LogP contribution in [0.4, 0.5) is 0 Å². The average molecular weight is 460 g/mol. The van der Waals surface area contributed by atoms with Crippen LogP contribution in [-0.2, 0) is 29.1 Å². The molecule has 0 aromatic rings. The third-order valence-electron chi connectivity index (χ3n) is 4.29. The maximum Gasteiger partial charge on any atom is 2.00 e. The van der Waals surface area contributed by atoms with E-state index in [2.05, 4.69) is 38.2 Å². The van der Waals surface area contributed by atoms with Gasteiger partial charge in [0.25, 0.3) is 0 Å². The molecule has 0 aromatic heterocycles. The zero-order chi connectivity index (χ0) is 21.3. The summed E-state index contributed by atoms with van der Waals surface area (Å²) in [6, 6.07) is 0. The van der Waals surface area contributed by atoms with Crippen molar-refractivity contribution in [3.05, 3.63) is 24.3 Å². The topological polar surface area (TPSA) is 80.3 Å². The van der Waals surface area contributed by atoms with Crippen LogP contribution >= 0.6 is 0 Å². The van der Waals surface area contributed by atoms with Crippen LogP contribution in [0.25, 0.3) is 0 Å². The molecular formula is C24H42O4Zn. The van der Waals surface area contributed by atoms with Crippen LogP contribution in [0.5, 0.6) is 0 Å². The Bertz CT molecular complexity index is 368. The van der Waals surface area contributed by atoms with Gasteiger partial charge in [0, 0.05) is 11.9 Å². The van der Waals surface area contributed by atoms with Crippen LogP contribution in [0, 0.1) is 0 Å². The summed E-state index contributed by atoms with van der Waals surface area (Å²) in [5, 5.41) is 20.2.